The summed E-state index contributed by atoms with van der Waals surface area (Å²) in [6.07, 6.45) is 4.14. The summed E-state index contributed by atoms with van der Waals surface area (Å²) in [5.41, 5.74) is 1.54. The number of esters is 1. The Morgan fingerprint density at radius 3 is 2.52 bits per heavy atom. The summed E-state index contributed by atoms with van der Waals surface area (Å²) in [5, 5.41) is 0. The summed E-state index contributed by atoms with van der Waals surface area (Å²) >= 11 is 0. The minimum atomic E-state index is -0.415. The van der Waals surface area contributed by atoms with Crippen LogP contribution in [-0.4, -0.2) is 42.9 Å². The van der Waals surface area contributed by atoms with Gasteiger partial charge in [0.2, 0.25) is 0 Å². The average Bonchev–Trinajstić information content (AvgIpc) is 3.00. The molecular formula is C21H25NO5. The number of nitrogens with zero attached hydrogens (tertiary/aromatic N) is 1. The summed E-state index contributed by atoms with van der Waals surface area (Å²) in [4.78, 5) is 37.8. The zero-order valence-electron chi connectivity index (χ0n) is 15.6. The minimum absolute atomic E-state index is 0.125. The smallest absolute Gasteiger partial charge is 0.410 e. The zero-order valence-corrected chi connectivity index (χ0v) is 15.6. The molecule has 27 heavy (non-hydrogen) atoms. The Kier molecular flexibility index (Phi) is 5.94. The molecule has 144 valence electrons. The van der Waals surface area contributed by atoms with Crippen LogP contribution in [0.5, 0.6) is 0 Å². The quantitative estimate of drug-likeness (QED) is 0.743. The van der Waals surface area contributed by atoms with E-state index in [1.807, 2.05) is 30.3 Å². The number of rotatable bonds is 5. The number of methoxy groups -OCH3 is 1. The van der Waals surface area contributed by atoms with Gasteiger partial charge >= 0.3 is 12.1 Å². The van der Waals surface area contributed by atoms with Gasteiger partial charge in [-0.3, -0.25) is 9.59 Å². The van der Waals surface area contributed by atoms with Gasteiger partial charge in [-0.1, -0.05) is 35.9 Å². The van der Waals surface area contributed by atoms with Gasteiger partial charge in [0, 0.05) is 24.9 Å². The van der Waals surface area contributed by atoms with Crippen LogP contribution in [-0.2, 0) is 25.7 Å². The molecule has 3 rings (SSSR count). The van der Waals surface area contributed by atoms with Crippen LogP contribution in [0.1, 0.15) is 37.7 Å². The lowest BCUT2D eigenvalue weighted by molar-refractivity contribution is -0.140. The first-order valence-corrected chi connectivity index (χ1v) is 9.29. The van der Waals surface area contributed by atoms with Gasteiger partial charge in [-0.2, -0.15) is 0 Å². The molecule has 6 heteroatoms. The van der Waals surface area contributed by atoms with Crippen LogP contribution >= 0.6 is 0 Å². The number of hydrogen-bond donors (Lipinski definition) is 0. The summed E-state index contributed by atoms with van der Waals surface area (Å²) in [5.74, 6) is -0.139. The van der Waals surface area contributed by atoms with Crippen LogP contribution in [0, 0.1) is 5.41 Å². The lowest BCUT2D eigenvalue weighted by Gasteiger charge is -2.37. The molecule has 0 saturated carbocycles. The van der Waals surface area contributed by atoms with Crippen LogP contribution < -0.4 is 0 Å². The van der Waals surface area contributed by atoms with E-state index in [-0.39, 0.29) is 24.5 Å². The molecule has 0 N–H and O–H groups in total. The Labute approximate surface area is 159 Å². The highest BCUT2D eigenvalue weighted by Gasteiger charge is 2.45. The van der Waals surface area contributed by atoms with Crippen molar-refractivity contribution in [1.82, 2.24) is 4.90 Å². The SMILES string of the molecule is COC(=O)CCC1=CC(=O)C2(CCN(C(=O)OCc3ccccc3)CC2)C1. The van der Waals surface area contributed by atoms with E-state index in [0.29, 0.717) is 45.2 Å². The fraction of sp³-hybridized carbons (Fsp3) is 0.476. The maximum Gasteiger partial charge on any atom is 0.410 e. The molecule has 1 spiro atoms. The van der Waals surface area contributed by atoms with Crippen LogP contribution in [0.3, 0.4) is 0 Å². The van der Waals surface area contributed by atoms with E-state index in [4.69, 9.17) is 4.74 Å². The van der Waals surface area contributed by atoms with Gasteiger partial charge in [-0.25, -0.2) is 4.79 Å². The van der Waals surface area contributed by atoms with Crippen molar-refractivity contribution in [1.29, 1.82) is 0 Å². The van der Waals surface area contributed by atoms with Crippen molar-refractivity contribution in [3.63, 3.8) is 0 Å². The van der Waals surface area contributed by atoms with Gasteiger partial charge in [0.1, 0.15) is 6.61 Å². The first kappa shape index (κ1) is 19.1. The van der Waals surface area contributed by atoms with E-state index in [0.717, 1.165) is 11.1 Å². The molecule has 1 heterocycles. The van der Waals surface area contributed by atoms with Crippen molar-refractivity contribution < 1.29 is 23.9 Å². The largest absolute Gasteiger partial charge is 0.469 e. The van der Waals surface area contributed by atoms with Gasteiger partial charge in [0.25, 0.3) is 0 Å². The molecule has 6 nitrogen and oxygen atoms in total. The highest BCUT2D eigenvalue weighted by Crippen LogP contribution is 2.44. The summed E-state index contributed by atoms with van der Waals surface area (Å²) < 4.78 is 10.0. The fourth-order valence-electron chi connectivity index (χ4n) is 3.79. The molecule has 0 radical (unpaired) electrons. The van der Waals surface area contributed by atoms with E-state index < -0.39 is 5.41 Å². The van der Waals surface area contributed by atoms with Crippen molar-refractivity contribution in [3.05, 3.63) is 47.5 Å². The predicted octanol–water partition coefficient (Wildman–Crippen LogP) is 3.26. The second-order valence-electron chi connectivity index (χ2n) is 7.23. The number of amides is 1. The molecule has 0 bridgehead atoms. The Bertz CT molecular complexity index is 732. The average molecular weight is 371 g/mol. The molecule has 1 aromatic rings. The third-order valence-electron chi connectivity index (χ3n) is 5.49. The van der Waals surface area contributed by atoms with E-state index in [1.165, 1.54) is 7.11 Å². The summed E-state index contributed by atoms with van der Waals surface area (Å²) in [6.45, 7) is 1.27. The maximum absolute atomic E-state index is 12.5. The number of piperidine rings is 1. The number of carbonyl (C=O) groups is 3. The molecule has 0 atom stereocenters. The van der Waals surface area contributed by atoms with Gasteiger partial charge < -0.3 is 14.4 Å². The van der Waals surface area contributed by atoms with Gasteiger partial charge in [0.15, 0.2) is 5.78 Å². The first-order valence-electron chi connectivity index (χ1n) is 9.29. The Hall–Kier alpha value is -2.63. The number of benzene rings is 1. The molecule has 1 aliphatic carbocycles. The van der Waals surface area contributed by atoms with Gasteiger partial charge in [-0.15, -0.1) is 0 Å². The van der Waals surface area contributed by atoms with Crippen molar-refractivity contribution in [2.45, 2.75) is 38.7 Å². The second kappa shape index (κ2) is 8.37. The van der Waals surface area contributed by atoms with E-state index in [2.05, 4.69) is 4.74 Å². The maximum atomic E-state index is 12.5. The van der Waals surface area contributed by atoms with Crippen LogP contribution in [0.2, 0.25) is 0 Å². The van der Waals surface area contributed by atoms with Crippen LogP contribution in [0.25, 0.3) is 0 Å². The lowest BCUT2D eigenvalue weighted by atomic mass is 9.74. The monoisotopic (exact) mass is 371 g/mol. The van der Waals surface area contributed by atoms with Crippen molar-refractivity contribution in [2.75, 3.05) is 20.2 Å². The molecule has 0 aromatic heterocycles. The minimum Gasteiger partial charge on any atom is -0.469 e. The highest BCUT2D eigenvalue weighted by atomic mass is 16.6. The predicted molar refractivity (Wildman–Crippen MR) is 98.8 cm³/mol. The third kappa shape index (κ3) is 4.56. The zero-order chi connectivity index (χ0) is 19.3. The summed E-state index contributed by atoms with van der Waals surface area (Å²) in [6, 6.07) is 9.56. The molecule has 2 aliphatic rings. The highest BCUT2D eigenvalue weighted by molar-refractivity contribution is 5.98. The number of hydrogen-bond acceptors (Lipinski definition) is 5. The molecule has 1 fully saturated rings. The Morgan fingerprint density at radius 1 is 1.15 bits per heavy atom. The van der Waals surface area contributed by atoms with Crippen molar-refractivity contribution in [3.8, 4) is 0 Å². The standard InChI is InChI=1S/C21H25NO5/c1-26-19(24)8-7-17-13-18(23)21(14-17)9-11-22(12-10-21)20(25)27-15-16-5-3-2-4-6-16/h2-6,13H,7-12,14-15H2,1H3. The Balaban J connectivity index is 1.47. The van der Waals surface area contributed by atoms with Crippen LogP contribution in [0.15, 0.2) is 42.0 Å². The molecule has 1 saturated heterocycles. The topological polar surface area (TPSA) is 72.9 Å². The number of ether oxygens (including phenoxy) is 2. The number of allylic oxidation sites excluding steroid dienone is 2. The number of ketones is 1. The van der Waals surface area contributed by atoms with E-state index >= 15 is 0 Å². The lowest BCUT2D eigenvalue weighted by Crippen LogP contribution is -2.45. The molecular weight excluding hydrogens is 346 g/mol. The second-order valence-corrected chi connectivity index (χ2v) is 7.23. The van der Waals surface area contributed by atoms with E-state index in [1.54, 1.807) is 11.0 Å². The first-order chi connectivity index (χ1) is 13.0. The van der Waals surface area contributed by atoms with Crippen molar-refractivity contribution in [2.24, 2.45) is 5.41 Å². The number of carbonyl (C=O) groups excluding carboxylic acids is 3. The summed E-state index contributed by atoms with van der Waals surface area (Å²) in [7, 11) is 1.37. The van der Waals surface area contributed by atoms with E-state index in [9.17, 15) is 14.4 Å². The van der Waals surface area contributed by atoms with Crippen molar-refractivity contribution >= 4 is 17.8 Å². The normalized spacial score (nSPS) is 18.3. The molecule has 1 amide bonds. The van der Waals surface area contributed by atoms with Gasteiger partial charge in [0.05, 0.1) is 7.11 Å². The number of likely N-dealkylation sites (tertiary alicyclic amines) is 1. The molecule has 0 unspecified atom stereocenters. The van der Waals surface area contributed by atoms with Gasteiger partial charge in [-0.05, 0) is 37.3 Å². The fourth-order valence-corrected chi connectivity index (χ4v) is 3.79. The Morgan fingerprint density at radius 2 is 1.85 bits per heavy atom. The molecule has 1 aromatic carbocycles. The third-order valence-corrected chi connectivity index (χ3v) is 5.49. The van der Waals surface area contributed by atoms with Crippen LogP contribution in [0.4, 0.5) is 4.79 Å². The molecule has 1 aliphatic heterocycles.